The molecule has 0 saturated carbocycles. The van der Waals surface area contributed by atoms with Crippen LogP contribution < -0.4 is 10.6 Å². The van der Waals surface area contributed by atoms with Gasteiger partial charge in [0.1, 0.15) is 18.0 Å². The zero-order chi connectivity index (χ0) is 15.9. The number of nitrogens with one attached hydrogen (secondary N) is 2. The molecular weight excluding hydrogens is 286 g/mol. The third kappa shape index (κ3) is 4.05. The van der Waals surface area contributed by atoms with E-state index >= 15 is 0 Å². The van der Waals surface area contributed by atoms with Crippen molar-refractivity contribution in [1.82, 2.24) is 9.97 Å². The number of benzene rings is 2. The van der Waals surface area contributed by atoms with Gasteiger partial charge < -0.3 is 10.6 Å². The average molecular weight is 301 g/mol. The van der Waals surface area contributed by atoms with Gasteiger partial charge in [-0.2, -0.15) is 5.26 Å². The smallest absolute Gasteiger partial charge is 0.135 e. The van der Waals surface area contributed by atoms with Crippen LogP contribution in [-0.2, 0) is 6.54 Å². The lowest BCUT2D eigenvalue weighted by atomic mass is 10.2. The van der Waals surface area contributed by atoms with Crippen molar-refractivity contribution in [3.63, 3.8) is 0 Å². The number of aromatic nitrogens is 2. The van der Waals surface area contributed by atoms with Gasteiger partial charge in [0.05, 0.1) is 11.6 Å². The molecule has 0 bridgehead atoms. The van der Waals surface area contributed by atoms with Gasteiger partial charge in [0.15, 0.2) is 0 Å². The molecule has 5 nitrogen and oxygen atoms in total. The van der Waals surface area contributed by atoms with Crippen LogP contribution in [0.5, 0.6) is 0 Å². The summed E-state index contributed by atoms with van der Waals surface area (Å²) in [5.74, 6) is 1.41. The van der Waals surface area contributed by atoms with E-state index < -0.39 is 0 Å². The number of anilines is 3. The van der Waals surface area contributed by atoms with E-state index in [9.17, 15) is 0 Å². The van der Waals surface area contributed by atoms with Crippen LogP contribution in [0.3, 0.4) is 0 Å². The van der Waals surface area contributed by atoms with Crippen LogP contribution in [-0.4, -0.2) is 9.97 Å². The number of hydrogen-bond donors (Lipinski definition) is 2. The molecule has 0 atom stereocenters. The van der Waals surface area contributed by atoms with Crippen LogP contribution in [0.15, 0.2) is 67.0 Å². The Hall–Kier alpha value is -3.39. The van der Waals surface area contributed by atoms with Gasteiger partial charge in [-0.25, -0.2) is 9.97 Å². The second-order valence-electron chi connectivity index (χ2n) is 4.95. The van der Waals surface area contributed by atoms with Crippen LogP contribution in [0.1, 0.15) is 11.1 Å². The monoisotopic (exact) mass is 301 g/mol. The van der Waals surface area contributed by atoms with Gasteiger partial charge in [-0.1, -0.05) is 36.4 Å². The van der Waals surface area contributed by atoms with Crippen molar-refractivity contribution in [3.8, 4) is 6.07 Å². The van der Waals surface area contributed by atoms with Gasteiger partial charge >= 0.3 is 0 Å². The quantitative estimate of drug-likeness (QED) is 0.751. The molecule has 3 aromatic rings. The van der Waals surface area contributed by atoms with Crippen LogP contribution in [0.4, 0.5) is 17.3 Å². The van der Waals surface area contributed by atoms with Crippen LogP contribution in [0.2, 0.25) is 0 Å². The Balaban J connectivity index is 1.68. The molecule has 0 unspecified atom stereocenters. The van der Waals surface area contributed by atoms with E-state index in [0.717, 1.165) is 11.5 Å². The maximum Gasteiger partial charge on any atom is 0.135 e. The van der Waals surface area contributed by atoms with Crippen LogP contribution >= 0.6 is 0 Å². The highest BCUT2D eigenvalue weighted by atomic mass is 15.1. The largest absolute Gasteiger partial charge is 0.366 e. The highest BCUT2D eigenvalue weighted by Gasteiger charge is 2.01. The maximum atomic E-state index is 8.94. The first-order valence-corrected chi connectivity index (χ1v) is 7.20. The van der Waals surface area contributed by atoms with Crippen molar-refractivity contribution in [1.29, 1.82) is 5.26 Å². The van der Waals surface area contributed by atoms with E-state index in [4.69, 9.17) is 5.26 Å². The van der Waals surface area contributed by atoms with Gasteiger partial charge in [0.25, 0.3) is 0 Å². The summed E-state index contributed by atoms with van der Waals surface area (Å²) in [6.07, 6.45) is 1.50. The molecule has 3 rings (SSSR count). The summed E-state index contributed by atoms with van der Waals surface area (Å²) in [5.41, 5.74) is 2.60. The first-order valence-electron chi connectivity index (χ1n) is 7.20. The predicted octanol–water partition coefficient (Wildman–Crippen LogP) is 3.70. The molecule has 0 aliphatic rings. The summed E-state index contributed by atoms with van der Waals surface area (Å²) in [6, 6.07) is 21.3. The molecule has 0 fully saturated rings. The van der Waals surface area contributed by atoms with E-state index in [0.29, 0.717) is 17.9 Å². The van der Waals surface area contributed by atoms with Gasteiger partial charge in [0.2, 0.25) is 0 Å². The minimum absolute atomic E-state index is 0.603. The summed E-state index contributed by atoms with van der Waals surface area (Å²) in [4.78, 5) is 8.42. The molecule has 0 spiro atoms. The van der Waals surface area contributed by atoms with Gasteiger partial charge in [-0.05, 0) is 23.8 Å². The molecule has 1 heterocycles. The van der Waals surface area contributed by atoms with Gasteiger partial charge in [-0.15, -0.1) is 0 Å². The molecule has 0 radical (unpaired) electrons. The molecule has 0 aliphatic carbocycles. The van der Waals surface area contributed by atoms with Crippen molar-refractivity contribution >= 4 is 17.3 Å². The number of nitriles is 1. The second-order valence-corrected chi connectivity index (χ2v) is 4.95. The summed E-state index contributed by atoms with van der Waals surface area (Å²) in [6.45, 7) is 0.696. The zero-order valence-electron chi connectivity index (χ0n) is 12.4. The summed E-state index contributed by atoms with van der Waals surface area (Å²) < 4.78 is 0. The molecular formula is C18H15N5. The molecule has 5 heteroatoms. The number of nitrogens with zero attached hydrogens (tertiary/aromatic N) is 3. The fourth-order valence-electron chi connectivity index (χ4n) is 2.13. The summed E-state index contributed by atoms with van der Waals surface area (Å²) in [5, 5.41) is 15.4. The lowest BCUT2D eigenvalue weighted by Gasteiger charge is -2.09. The van der Waals surface area contributed by atoms with Crippen molar-refractivity contribution < 1.29 is 0 Å². The van der Waals surface area contributed by atoms with Crippen molar-refractivity contribution in [2.45, 2.75) is 6.54 Å². The molecule has 0 aliphatic heterocycles. The third-order valence-electron chi connectivity index (χ3n) is 3.25. The van der Waals surface area contributed by atoms with E-state index in [1.165, 1.54) is 11.9 Å². The molecule has 1 aromatic heterocycles. The first-order chi connectivity index (χ1) is 11.3. The van der Waals surface area contributed by atoms with Crippen molar-refractivity contribution in [2.75, 3.05) is 10.6 Å². The Morgan fingerprint density at radius 1 is 0.913 bits per heavy atom. The Morgan fingerprint density at radius 2 is 1.74 bits per heavy atom. The fraction of sp³-hybridized carbons (Fsp3) is 0.0556. The standard InChI is InChI=1S/C18H15N5/c19-11-15-7-4-8-16(9-15)23-18-10-17(21-13-22-18)20-12-14-5-2-1-3-6-14/h1-10,13H,12H2,(H2,20,21,22,23). The fourth-order valence-corrected chi connectivity index (χ4v) is 2.13. The van der Waals surface area contributed by atoms with Crippen LogP contribution in [0, 0.1) is 11.3 Å². The Morgan fingerprint density at radius 3 is 2.57 bits per heavy atom. The Kier molecular flexibility index (Phi) is 4.46. The highest BCUT2D eigenvalue weighted by Crippen LogP contribution is 2.17. The normalized spacial score (nSPS) is 9.87. The van der Waals surface area contributed by atoms with Crippen molar-refractivity contribution in [3.05, 3.63) is 78.1 Å². The predicted molar refractivity (Wildman–Crippen MR) is 90.2 cm³/mol. The molecule has 0 saturated heterocycles. The Bertz CT molecular complexity index is 824. The van der Waals surface area contributed by atoms with E-state index in [2.05, 4.69) is 38.8 Å². The summed E-state index contributed by atoms with van der Waals surface area (Å²) in [7, 11) is 0. The first kappa shape index (κ1) is 14.5. The minimum Gasteiger partial charge on any atom is -0.366 e. The molecule has 2 N–H and O–H groups in total. The lowest BCUT2D eigenvalue weighted by molar-refractivity contribution is 1.08. The third-order valence-corrected chi connectivity index (χ3v) is 3.25. The van der Waals surface area contributed by atoms with Gasteiger partial charge in [0, 0.05) is 18.3 Å². The zero-order valence-corrected chi connectivity index (χ0v) is 12.4. The van der Waals surface area contributed by atoms with Gasteiger partial charge in [-0.3, -0.25) is 0 Å². The Labute approximate surface area is 134 Å². The summed E-state index contributed by atoms with van der Waals surface area (Å²) >= 11 is 0. The van der Waals surface area contributed by atoms with E-state index in [-0.39, 0.29) is 0 Å². The van der Waals surface area contributed by atoms with Crippen LogP contribution in [0.25, 0.3) is 0 Å². The number of rotatable bonds is 5. The average Bonchev–Trinajstić information content (AvgIpc) is 2.61. The second kappa shape index (κ2) is 7.05. The molecule has 0 amide bonds. The highest BCUT2D eigenvalue weighted by molar-refractivity contribution is 5.60. The lowest BCUT2D eigenvalue weighted by Crippen LogP contribution is -2.03. The topological polar surface area (TPSA) is 73.6 Å². The molecule has 23 heavy (non-hydrogen) atoms. The minimum atomic E-state index is 0.603. The van der Waals surface area contributed by atoms with E-state index in [1.54, 1.807) is 12.1 Å². The SMILES string of the molecule is N#Cc1cccc(Nc2cc(NCc3ccccc3)ncn2)c1. The maximum absolute atomic E-state index is 8.94. The van der Waals surface area contributed by atoms with Crippen molar-refractivity contribution in [2.24, 2.45) is 0 Å². The van der Waals surface area contributed by atoms with E-state index in [1.807, 2.05) is 36.4 Å². The number of hydrogen-bond acceptors (Lipinski definition) is 5. The molecule has 2 aromatic carbocycles. The molecule has 112 valence electrons.